The maximum atomic E-state index is 6.30. The van der Waals surface area contributed by atoms with Gasteiger partial charge < -0.3 is 20.4 Å². The lowest BCUT2D eigenvalue weighted by Crippen LogP contribution is -2.51. The number of nitrogens with zero attached hydrogens (tertiary/aromatic N) is 6. The first-order valence-electron chi connectivity index (χ1n) is 9.61. The van der Waals surface area contributed by atoms with Crippen molar-refractivity contribution in [3.05, 3.63) is 35.0 Å². The number of halogens is 1. The van der Waals surface area contributed by atoms with Crippen molar-refractivity contribution in [3.8, 4) is 0 Å². The molecule has 2 saturated heterocycles. The van der Waals surface area contributed by atoms with Crippen LogP contribution in [0.5, 0.6) is 0 Å². The van der Waals surface area contributed by atoms with Gasteiger partial charge >= 0.3 is 0 Å². The highest BCUT2D eigenvalue weighted by Crippen LogP contribution is 2.24. The Kier molecular flexibility index (Phi) is 7.33. The summed E-state index contributed by atoms with van der Waals surface area (Å²) in [7, 11) is 0. The van der Waals surface area contributed by atoms with Crippen molar-refractivity contribution in [3.63, 3.8) is 0 Å². The molecule has 2 aromatic heterocycles. The second kappa shape index (κ2) is 9.73. The van der Waals surface area contributed by atoms with Gasteiger partial charge in [-0.3, -0.25) is 0 Å². The van der Waals surface area contributed by atoms with E-state index in [1.54, 1.807) is 11.3 Å². The van der Waals surface area contributed by atoms with Crippen LogP contribution in [0.1, 0.15) is 24.1 Å². The molecule has 2 aliphatic rings. The molecule has 4 rings (SSSR count). The quantitative estimate of drug-likeness (QED) is 0.385. The summed E-state index contributed by atoms with van der Waals surface area (Å²) in [6.45, 7) is 8.40. The van der Waals surface area contributed by atoms with E-state index in [0.717, 1.165) is 61.5 Å². The topological polar surface area (TPSA) is 73.9 Å². The van der Waals surface area contributed by atoms with Crippen LogP contribution in [0.4, 0.5) is 10.9 Å². The fourth-order valence-corrected chi connectivity index (χ4v) is 4.36. The lowest BCUT2D eigenvalue weighted by atomic mass is 10.2. The van der Waals surface area contributed by atoms with Gasteiger partial charge in [-0.2, -0.15) is 0 Å². The molecule has 0 radical (unpaired) electrons. The van der Waals surface area contributed by atoms with E-state index in [2.05, 4.69) is 36.8 Å². The number of anilines is 2. The molecular formula is C19H28IN7S. The molecule has 0 bridgehead atoms. The Morgan fingerprint density at radius 3 is 2.54 bits per heavy atom. The number of pyridine rings is 1. The molecule has 2 fully saturated rings. The zero-order valence-electron chi connectivity index (χ0n) is 16.3. The van der Waals surface area contributed by atoms with Crippen molar-refractivity contribution in [1.82, 2.24) is 14.9 Å². The van der Waals surface area contributed by atoms with Gasteiger partial charge in [0.15, 0.2) is 11.1 Å². The normalized spacial score (nSPS) is 17.8. The molecule has 0 spiro atoms. The van der Waals surface area contributed by atoms with Crippen LogP contribution in [0, 0.1) is 6.92 Å². The van der Waals surface area contributed by atoms with Crippen molar-refractivity contribution < 1.29 is 0 Å². The molecule has 0 amide bonds. The predicted octanol–water partition coefficient (Wildman–Crippen LogP) is 2.70. The molecule has 152 valence electrons. The Labute approximate surface area is 187 Å². The second-order valence-electron chi connectivity index (χ2n) is 7.09. The largest absolute Gasteiger partial charge is 0.370 e. The number of aryl methyl sites for hydroxylation is 1. The summed E-state index contributed by atoms with van der Waals surface area (Å²) in [5, 5.41) is 3.11. The van der Waals surface area contributed by atoms with Crippen molar-refractivity contribution in [1.29, 1.82) is 0 Å². The third-order valence-electron chi connectivity index (χ3n) is 5.21. The molecule has 0 atom stereocenters. The van der Waals surface area contributed by atoms with Crippen molar-refractivity contribution in [2.45, 2.75) is 26.3 Å². The predicted molar refractivity (Wildman–Crippen MR) is 127 cm³/mol. The SMILES string of the molecule is Cc1ccc(CN=C(N)N2CCN(c3nccs3)CC2)c(N2CCCC2)n1.I. The van der Waals surface area contributed by atoms with E-state index >= 15 is 0 Å². The van der Waals surface area contributed by atoms with E-state index in [9.17, 15) is 0 Å². The van der Waals surface area contributed by atoms with Crippen LogP contribution in [0.3, 0.4) is 0 Å². The maximum absolute atomic E-state index is 6.30. The Balaban J connectivity index is 0.00000225. The number of thiazole rings is 1. The Hall–Kier alpha value is -1.62. The number of rotatable bonds is 4. The first kappa shape index (κ1) is 21.1. The molecule has 0 aliphatic carbocycles. The van der Waals surface area contributed by atoms with Crippen LogP contribution in [-0.4, -0.2) is 60.1 Å². The summed E-state index contributed by atoms with van der Waals surface area (Å²) in [5.41, 5.74) is 8.52. The average molecular weight is 513 g/mol. The third-order valence-corrected chi connectivity index (χ3v) is 6.04. The maximum Gasteiger partial charge on any atom is 0.191 e. The molecule has 4 heterocycles. The Morgan fingerprint density at radius 1 is 1.11 bits per heavy atom. The van der Waals surface area contributed by atoms with Gasteiger partial charge in [-0.1, -0.05) is 6.07 Å². The molecule has 0 saturated carbocycles. The van der Waals surface area contributed by atoms with E-state index in [1.807, 2.05) is 18.5 Å². The van der Waals surface area contributed by atoms with Crippen molar-refractivity contribution >= 4 is 52.2 Å². The number of guanidine groups is 1. The molecule has 9 heteroatoms. The fraction of sp³-hybridized carbons (Fsp3) is 0.526. The number of piperazine rings is 1. The number of aromatic nitrogens is 2. The Bertz CT molecular complexity index is 782. The minimum absolute atomic E-state index is 0. The van der Waals surface area contributed by atoms with Crippen LogP contribution < -0.4 is 15.5 Å². The third kappa shape index (κ3) is 4.86. The van der Waals surface area contributed by atoms with Crippen LogP contribution in [-0.2, 0) is 6.54 Å². The standard InChI is InChI=1S/C19H27N7S.HI/c1-15-4-5-16(17(23-15)24-7-2-3-8-24)14-22-18(20)25-9-11-26(12-10-25)19-21-6-13-27-19;/h4-6,13H,2-3,7-12,14H2,1H3,(H2,20,22);1H. The molecule has 0 aromatic carbocycles. The van der Waals surface area contributed by atoms with Gasteiger partial charge in [0.25, 0.3) is 0 Å². The van der Waals surface area contributed by atoms with Gasteiger partial charge in [-0.15, -0.1) is 35.3 Å². The number of hydrogen-bond donors (Lipinski definition) is 1. The minimum Gasteiger partial charge on any atom is -0.370 e. The van der Waals surface area contributed by atoms with Crippen molar-refractivity contribution in [2.75, 3.05) is 49.1 Å². The summed E-state index contributed by atoms with van der Waals surface area (Å²) in [5.74, 6) is 1.71. The minimum atomic E-state index is 0. The first-order chi connectivity index (χ1) is 13.2. The van der Waals surface area contributed by atoms with Gasteiger partial charge in [0.1, 0.15) is 5.82 Å². The van der Waals surface area contributed by atoms with Gasteiger partial charge in [-0.05, 0) is 25.8 Å². The Morgan fingerprint density at radius 2 is 1.86 bits per heavy atom. The van der Waals surface area contributed by atoms with Crippen molar-refractivity contribution in [2.24, 2.45) is 10.7 Å². The summed E-state index contributed by atoms with van der Waals surface area (Å²) < 4.78 is 0. The summed E-state index contributed by atoms with van der Waals surface area (Å²) >= 11 is 1.68. The molecule has 2 aromatic rings. The van der Waals surface area contributed by atoms with Crippen LogP contribution in [0.15, 0.2) is 28.7 Å². The van der Waals surface area contributed by atoms with E-state index in [-0.39, 0.29) is 24.0 Å². The number of aliphatic imine (C=N–C) groups is 1. The first-order valence-corrected chi connectivity index (χ1v) is 10.5. The highest BCUT2D eigenvalue weighted by atomic mass is 127. The summed E-state index contributed by atoms with van der Waals surface area (Å²) in [6.07, 6.45) is 4.34. The van der Waals surface area contributed by atoms with Gasteiger partial charge in [0.05, 0.1) is 6.54 Å². The number of hydrogen-bond acceptors (Lipinski definition) is 6. The van der Waals surface area contributed by atoms with Crippen LogP contribution >= 0.6 is 35.3 Å². The molecule has 7 nitrogen and oxygen atoms in total. The monoisotopic (exact) mass is 513 g/mol. The average Bonchev–Trinajstić information content (AvgIpc) is 3.41. The zero-order valence-corrected chi connectivity index (χ0v) is 19.4. The van der Waals surface area contributed by atoms with E-state index in [1.165, 1.54) is 12.8 Å². The molecule has 2 N–H and O–H groups in total. The lowest BCUT2D eigenvalue weighted by Gasteiger charge is -2.35. The molecular weight excluding hydrogens is 485 g/mol. The summed E-state index contributed by atoms with van der Waals surface area (Å²) in [6, 6.07) is 4.21. The molecule has 28 heavy (non-hydrogen) atoms. The smallest absolute Gasteiger partial charge is 0.191 e. The van der Waals surface area contributed by atoms with Gasteiger partial charge in [-0.25, -0.2) is 15.0 Å². The van der Waals surface area contributed by atoms with Gasteiger partial charge in [0.2, 0.25) is 0 Å². The lowest BCUT2D eigenvalue weighted by molar-refractivity contribution is 0.380. The van der Waals surface area contributed by atoms with Gasteiger partial charge in [0, 0.05) is 62.1 Å². The zero-order chi connectivity index (χ0) is 18.6. The number of nitrogens with two attached hydrogens (primary N) is 1. The highest BCUT2D eigenvalue weighted by molar-refractivity contribution is 14.0. The summed E-state index contributed by atoms with van der Waals surface area (Å²) in [4.78, 5) is 20.7. The molecule has 2 aliphatic heterocycles. The van der Waals surface area contributed by atoms with E-state index in [4.69, 9.17) is 10.7 Å². The highest BCUT2D eigenvalue weighted by Gasteiger charge is 2.21. The van der Waals surface area contributed by atoms with Crippen LogP contribution in [0.2, 0.25) is 0 Å². The van der Waals surface area contributed by atoms with E-state index in [0.29, 0.717) is 12.5 Å². The fourth-order valence-electron chi connectivity index (χ4n) is 3.66. The molecule has 0 unspecified atom stereocenters. The van der Waals surface area contributed by atoms with E-state index < -0.39 is 0 Å². The van der Waals surface area contributed by atoms with Crippen LogP contribution in [0.25, 0.3) is 0 Å². The second-order valence-corrected chi connectivity index (χ2v) is 7.97.